The van der Waals surface area contributed by atoms with E-state index in [2.05, 4.69) is 37.3 Å². The van der Waals surface area contributed by atoms with E-state index >= 15 is 0 Å². The van der Waals surface area contributed by atoms with Crippen molar-refractivity contribution in [3.05, 3.63) is 114 Å². The first kappa shape index (κ1) is 28.0. The summed E-state index contributed by atoms with van der Waals surface area (Å²) in [5.41, 5.74) is 3.18. The molecule has 4 rings (SSSR count). The summed E-state index contributed by atoms with van der Waals surface area (Å²) >= 11 is 0. The molecular weight excluding hydrogens is 484 g/mol. The minimum Gasteiger partial charge on any atom is -0.508 e. The molecule has 4 nitrogen and oxygen atoms in total. The van der Waals surface area contributed by atoms with Crippen LogP contribution in [0.15, 0.2) is 97.1 Å². The monoisotopic (exact) mass is 522 g/mol. The Kier molecular flexibility index (Phi) is 9.80. The number of unbranched alkanes of at least 4 members (excludes halogenated alkanes) is 1. The number of ketones is 1. The van der Waals surface area contributed by atoms with Gasteiger partial charge < -0.3 is 14.9 Å². The van der Waals surface area contributed by atoms with Crippen molar-refractivity contribution in [2.24, 2.45) is 5.92 Å². The SMILES string of the molecule is COc1cc(CC(C(=O)C=CCCCC(C)CCc2ccccc2)c2ccc3ccc(O)cc3c2)ccc1O. The van der Waals surface area contributed by atoms with Crippen LogP contribution in [0.1, 0.15) is 55.2 Å². The van der Waals surface area contributed by atoms with Crippen LogP contribution in [0.4, 0.5) is 0 Å². The van der Waals surface area contributed by atoms with E-state index in [0.29, 0.717) is 18.1 Å². The lowest BCUT2D eigenvalue weighted by atomic mass is 9.87. The lowest BCUT2D eigenvalue weighted by Crippen LogP contribution is -2.13. The standard InChI is InChI=1S/C35H38O4/c1-25(13-14-26-10-6-4-7-11-26)9-5-3-8-12-33(37)32(21-27-15-20-34(38)35(22-27)39-2)29-17-16-28-18-19-31(36)24-30(28)23-29/h4,6-8,10-12,15-20,22-25,32,36,38H,3,5,9,13-14,21H2,1-2H3. The molecule has 0 saturated heterocycles. The van der Waals surface area contributed by atoms with Gasteiger partial charge in [0.05, 0.1) is 13.0 Å². The number of phenolic OH excluding ortho intramolecular Hbond substituents is 2. The zero-order chi connectivity index (χ0) is 27.6. The van der Waals surface area contributed by atoms with Crippen molar-refractivity contribution in [1.29, 1.82) is 0 Å². The summed E-state index contributed by atoms with van der Waals surface area (Å²) in [6.45, 7) is 2.30. The van der Waals surface area contributed by atoms with Gasteiger partial charge in [0.25, 0.3) is 0 Å². The normalized spacial score (nSPS) is 13.0. The van der Waals surface area contributed by atoms with E-state index in [9.17, 15) is 15.0 Å². The second-order valence-corrected chi connectivity index (χ2v) is 10.4. The lowest BCUT2D eigenvalue weighted by molar-refractivity contribution is -0.116. The first-order valence-corrected chi connectivity index (χ1v) is 13.8. The summed E-state index contributed by atoms with van der Waals surface area (Å²) in [4.78, 5) is 13.5. The molecule has 0 saturated carbocycles. The molecule has 0 aromatic heterocycles. The van der Waals surface area contributed by atoms with Gasteiger partial charge in [-0.25, -0.2) is 0 Å². The zero-order valence-corrected chi connectivity index (χ0v) is 22.8. The van der Waals surface area contributed by atoms with E-state index < -0.39 is 5.92 Å². The van der Waals surface area contributed by atoms with Gasteiger partial charge in [0.1, 0.15) is 5.75 Å². The summed E-state index contributed by atoms with van der Waals surface area (Å²) in [5.74, 6) is 0.942. The number of phenols is 2. The number of aryl methyl sites for hydroxylation is 1. The van der Waals surface area contributed by atoms with Crippen molar-refractivity contribution in [1.82, 2.24) is 0 Å². The van der Waals surface area contributed by atoms with Gasteiger partial charge in [-0.2, -0.15) is 0 Å². The van der Waals surface area contributed by atoms with Crippen LogP contribution < -0.4 is 4.74 Å². The summed E-state index contributed by atoms with van der Waals surface area (Å²) in [6, 6.07) is 27.0. The predicted octanol–water partition coefficient (Wildman–Crippen LogP) is 8.15. The molecule has 202 valence electrons. The molecule has 0 spiro atoms. The quantitative estimate of drug-likeness (QED) is 0.137. The highest BCUT2D eigenvalue weighted by molar-refractivity contribution is 5.96. The van der Waals surface area contributed by atoms with Crippen molar-refractivity contribution < 1.29 is 19.7 Å². The molecule has 2 atom stereocenters. The van der Waals surface area contributed by atoms with E-state index in [-0.39, 0.29) is 17.3 Å². The fourth-order valence-electron chi connectivity index (χ4n) is 5.04. The largest absolute Gasteiger partial charge is 0.508 e. The van der Waals surface area contributed by atoms with Crippen LogP contribution >= 0.6 is 0 Å². The highest BCUT2D eigenvalue weighted by atomic mass is 16.5. The zero-order valence-electron chi connectivity index (χ0n) is 22.8. The molecule has 0 aliphatic carbocycles. The minimum atomic E-state index is -0.396. The Balaban J connectivity index is 1.42. The number of ether oxygens (including phenoxy) is 1. The summed E-state index contributed by atoms with van der Waals surface area (Å²) in [6.07, 6.45) is 9.53. The van der Waals surface area contributed by atoms with Crippen LogP contribution in [-0.2, 0) is 17.6 Å². The van der Waals surface area contributed by atoms with E-state index in [0.717, 1.165) is 47.6 Å². The third kappa shape index (κ3) is 7.97. The minimum absolute atomic E-state index is 0.0404. The van der Waals surface area contributed by atoms with Crippen molar-refractivity contribution >= 4 is 16.6 Å². The van der Waals surface area contributed by atoms with Gasteiger partial charge in [-0.1, -0.05) is 80.1 Å². The summed E-state index contributed by atoms with van der Waals surface area (Å²) in [7, 11) is 1.52. The van der Waals surface area contributed by atoms with E-state index in [1.807, 2.05) is 36.4 Å². The second-order valence-electron chi connectivity index (χ2n) is 10.4. The Morgan fingerprint density at radius 3 is 2.46 bits per heavy atom. The van der Waals surface area contributed by atoms with Gasteiger partial charge in [0, 0.05) is 0 Å². The van der Waals surface area contributed by atoms with Gasteiger partial charge in [0.2, 0.25) is 0 Å². The summed E-state index contributed by atoms with van der Waals surface area (Å²) < 4.78 is 5.28. The average molecular weight is 523 g/mol. The number of rotatable bonds is 13. The van der Waals surface area contributed by atoms with E-state index in [1.165, 1.54) is 19.1 Å². The van der Waals surface area contributed by atoms with Crippen molar-refractivity contribution in [3.63, 3.8) is 0 Å². The molecule has 0 bridgehead atoms. The van der Waals surface area contributed by atoms with Crippen molar-refractivity contribution in [2.75, 3.05) is 7.11 Å². The molecule has 0 amide bonds. The second kappa shape index (κ2) is 13.7. The molecule has 0 aliphatic rings. The fourth-order valence-corrected chi connectivity index (χ4v) is 5.04. The smallest absolute Gasteiger partial charge is 0.163 e. The van der Waals surface area contributed by atoms with Crippen LogP contribution in [0.5, 0.6) is 17.2 Å². The van der Waals surface area contributed by atoms with Gasteiger partial charge in [0.15, 0.2) is 17.3 Å². The van der Waals surface area contributed by atoms with E-state index in [4.69, 9.17) is 4.74 Å². The van der Waals surface area contributed by atoms with Crippen LogP contribution in [0.25, 0.3) is 10.8 Å². The number of methoxy groups -OCH3 is 1. The number of carbonyl (C=O) groups excluding carboxylic acids is 1. The van der Waals surface area contributed by atoms with E-state index in [1.54, 1.807) is 30.3 Å². The molecule has 0 aliphatic heterocycles. The van der Waals surface area contributed by atoms with Gasteiger partial charge in [-0.05, 0) is 95.8 Å². The molecule has 0 radical (unpaired) electrons. The first-order valence-electron chi connectivity index (χ1n) is 13.8. The van der Waals surface area contributed by atoms with Crippen LogP contribution in [0.3, 0.4) is 0 Å². The average Bonchev–Trinajstić information content (AvgIpc) is 2.95. The number of hydrogen-bond acceptors (Lipinski definition) is 4. The summed E-state index contributed by atoms with van der Waals surface area (Å²) in [5, 5.41) is 21.9. The highest BCUT2D eigenvalue weighted by Gasteiger charge is 2.20. The molecule has 0 fully saturated rings. The molecule has 4 heteroatoms. The number of allylic oxidation sites excluding steroid dienone is 2. The molecular formula is C35H38O4. The topological polar surface area (TPSA) is 66.8 Å². The van der Waals surface area contributed by atoms with Crippen LogP contribution in [0.2, 0.25) is 0 Å². The molecule has 2 N–H and O–H groups in total. The molecule has 39 heavy (non-hydrogen) atoms. The van der Waals surface area contributed by atoms with Crippen molar-refractivity contribution in [3.8, 4) is 17.2 Å². The highest BCUT2D eigenvalue weighted by Crippen LogP contribution is 2.32. The van der Waals surface area contributed by atoms with Crippen molar-refractivity contribution in [2.45, 2.75) is 51.4 Å². The third-order valence-electron chi connectivity index (χ3n) is 7.40. The fraction of sp³-hybridized carbons (Fsp3) is 0.286. The maximum Gasteiger partial charge on any atom is 0.163 e. The third-order valence-corrected chi connectivity index (χ3v) is 7.40. The Labute approximate surface area is 231 Å². The van der Waals surface area contributed by atoms with Gasteiger partial charge in [-0.3, -0.25) is 4.79 Å². The van der Waals surface area contributed by atoms with Gasteiger partial charge >= 0.3 is 0 Å². The molecule has 0 heterocycles. The predicted molar refractivity (Wildman–Crippen MR) is 159 cm³/mol. The molecule has 4 aromatic carbocycles. The number of aromatic hydroxyl groups is 2. The Morgan fingerprint density at radius 2 is 1.67 bits per heavy atom. The van der Waals surface area contributed by atoms with Gasteiger partial charge in [-0.15, -0.1) is 0 Å². The Morgan fingerprint density at radius 1 is 0.872 bits per heavy atom. The molecule has 4 aromatic rings. The number of fused-ring (bicyclic) bond motifs is 1. The number of hydrogen-bond donors (Lipinski definition) is 2. The Bertz CT molecular complexity index is 1410. The van der Waals surface area contributed by atoms with Crippen LogP contribution in [-0.4, -0.2) is 23.1 Å². The number of benzene rings is 4. The van der Waals surface area contributed by atoms with Crippen LogP contribution in [0, 0.1) is 5.92 Å². The lowest BCUT2D eigenvalue weighted by Gasteiger charge is -2.17. The first-order chi connectivity index (χ1) is 18.9. The maximum atomic E-state index is 13.5. The maximum absolute atomic E-state index is 13.5. The number of carbonyl (C=O) groups is 1. The molecule has 2 unspecified atom stereocenters. The Hall–Kier alpha value is -4.05.